The van der Waals surface area contributed by atoms with Crippen LogP contribution in [0.1, 0.15) is 43.5 Å². The molecule has 3 heterocycles. The van der Waals surface area contributed by atoms with Crippen molar-refractivity contribution in [1.82, 2.24) is 19.7 Å². The van der Waals surface area contributed by atoms with E-state index in [0.717, 1.165) is 49.3 Å². The minimum absolute atomic E-state index is 0.0808. The Labute approximate surface area is 178 Å². The molecule has 7 nitrogen and oxygen atoms in total. The van der Waals surface area contributed by atoms with Gasteiger partial charge in [-0.05, 0) is 57.1 Å². The zero-order valence-corrected chi connectivity index (χ0v) is 18.6. The number of fused-ring (bicyclic) bond motifs is 4. The molecule has 1 fully saturated rings. The summed E-state index contributed by atoms with van der Waals surface area (Å²) in [7, 11) is 5.88. The third-order valence-corrected chi connectivity index (χ3v) is 7.05. The average molecular weight is 415 g/mol. The highest BCUT2D eigenvalue weighted by Gasteiger charge is 2.49. The van der Waals surface area contributed by atoms with Crippen LogP contribution in [-0.2, 0) is 12.5 Å². The van der Waals surface area contributed by atoms with E-state index in [-0.39, 0.29) is 24.1 Å². The summed E-state index contributed by atoms with van der Waals surface area (Å²) in [6.45, 7) is 5.24. The fourth-order valence-electron chi connectivity index (χ4n) is 5.36. The Hall–Kier alpha value is -2.25. The third kappa shape index (κ3) is 3.24. The summed E-state index contributed by atoms with van der Waals surface area (Å²) in [5, 5.41) is 14.6. The number of aromatic nitrogens is 1. The van der Waals surface area contributed by atoms with E-state index in [9.17, 15) is 9.90 Å². The Kier molecular flexibility index (Phi) is 5.68. The van der Waals surface area contributed by atoms with Gasteiger partial charge in [-0.25, -0.2) is 4.79 Å². The van der Waals surface area contributed by atoms with E-state index in [1.165, 1.54) is 10.9 Å². The number of nitrogens with one attached hydrogen (secondary N) is 1. The summed E-state index contributed by atoms with van der Waals surface area (Å²) in [5.74, 6) is 0.816. The third-order valence-electron chi connectivity index (χ3n) is 7.05. The number of aliphatic hydroxyl groups is 1. The molecule has 7 heteroatoms. The quantitative estimate of drug-likeness (QED) is 0.807. The second kappa shape index (κ2) is 8.12. The largest absolute Gasteiger partial charge is 0.497 e. The number of aliphatic hydroxyl groups excluding tert-OH is 1. The SMILES string of the molecule is CCCNC(=O)N1CC2(CCN(C)CC2)c2c(n(C)c3cc(OC)ccc23)[C@@H]1CO. The van der Waals surface area contributed by atoms with Gasteiger partial charge in [-0.1, -0.05) is 6.92 Å². The van der Waals surface area contributed by atoms with Crippen molar-refractivity contribution in [2.24, 2.45) is 7.05 Å². The van der Waals surface area contributed by atoms with E-state index >= 15 is 0 Å². The number of aryl methyl sites for hydroxylation is 1. The van der Waals surface area contributed by atoms with Crippen molar-refractivity contribution < 1.29 is 14.6 Å². The maximum absolute atomic E-state index is 13.1. The number of carbonyl (C=O) groups excluding carboxylic acids is 1. The van der Waals surface area contributed by atoms with E-state index in [1.54, 1.807) is 7.11 Å². The van der Waals surface area contributed by atoms with Gasteiger partial charge in [0, 0.05) is 42.7 Å². The molecule has 0 unspecified atom stereocenters. The Morgan fingerprint density at radius 2 is 2.03 bits per heavy atom. The number of ether oxygens (including phenoxy) is 1. The first-order valence-electron chi connectivity index (χ1n) is 11.0. The second-order valence-electron chi connectivity index (χ2n) is 8.84. The first-order valence-corrected chi connectivity index (χ1v) is 11.0. The summed E-state index contributed by atoms with van der Waals surface area (Å²) >= 11 is 0. The number of rotatable bonds is 4. The molecule has 2 aliphatic rings. The number of nitrogens with zero attached hydrogens (tertiary/aromatic N) is 3. The van der Waals surface area contributed by atoms with Crippen molar-refractivity contribution in [3.05, 3.63) is 29.5 Å². The summed E-state index contributed by atoms with van der Waals surface area (Å²) in [6.07, 6.45) is 2.88. The highest BCUT2D eigenvalue weighted by atomic mass is 16.5. The minimum Gasteiger partial charge on any atom is -0.497 e. The average Bonchev–Trinajstić information content (AvgIpc) is 3.07. The highest BCUT2D eigenvalue weighted by Crippen LogP contribution is 2.49. The van der Waals surface area contributed by atoms with Crippen molar-refractivity contribution in [1.29, 1.82) is 0 Å². The molecular formula is C23H34N4O3. The summed E-state index contributed by atoms with van der Waals surface area (Å²) in [6, 6.07) is 5.79. The highest BCUT2D eigenvalue weighted by molar-refractivity contribution is 5.89. The molecule has 0 radical (unpaired) electrons. The molecule has 0 bridgehead atoms. The molecule has 1 atom stereocenters. The van der Waals surface area contributed by atoms with Crippen LogP contribution >= 0.6 is 0 Å². The lowest BCUT2D eigenvalue weighted by molar-refractivity contribution is 0.0715. The Morgan fingerprint density at radius 1 is 1.30 bits per heavy atom. The lowest BCUT2D eigenvalue weighted by atomic mass is 9.68. The molecule has 1 aromatic heterocycles. The number of likely N-dealkylation sites (tertiary alicyclic amines) is 1. The molecule has 1 aromatic carbocycles. The zero-order chi connectivity index (χ0) is 21.5. The zero-order valence-electron chi connectivity index (χ0n) is 18.6. The molecule has 4 rings (SSSR count). The van der Waals surface area contributed by atoms with Gasteiger partial charge in [-0.3, -0.25) is 0 Å². The lowest BCUT2D eigenvalue weighted by Gasteiger charge is -2.50. The van der Waals surface area contributed by atoms with Crippen LogP contribution in [0, 0.1) is 0 Å². The predicted octanol–water partition coefficient (Wildman–Crippen LogP) is 2.62. The molecule has 2 N–H and O–H groups in total. The number of benzene rings is 1. The van der Waals surface area contributed by atoms with Gasteiger partial charge in [0.1, 0.15) is 5.75 Å². The molecule has 2 aliphatic heterocycles. The van der Waals surface area contributed by atoms with Crippen molar-refractivity contribution in [2.75, 3.05) is 46.9 Å². The Balaban J connectivity index is 1.91. The normalized spacial score (nSPS) is 21.1. The van der Waals surface area contributed by atoms with Crippen LogP contribution < -0.4 is 10.1 Å². The maximum atomic E-state index is 13.1. The van der Waals surface area contributed by atoms with E-state index < -0.39 is 0 Å². The van der Waals surface area contributed by atoms with Crippen LogP contribution in [-0.4, -0.2) is 72.4 Å². The van der Waals surface area contributed by atoms with Gasteiger partial charge in [0.05, 0.1) is 25.3 Å². The van der Waals surface area contributed by atoms with Gasteiger partial charge in [0.25, 0.3) is 0 Å². The number of carbonyl (C=O) groups is 1. The summed E-state index contributed by atoms with van der Waals surface area (Å²) in [4.78, 5) is 17.4. The fourth-order valence-corrected chi connectivity index (χ4v) is 5.36. The van der Waals surface area contributed by atoms with Crippen LogP contribution in [0.3, 0.4) is 0 Å². The predicted molar refractivity (Wildman–Crippen MR) is 118 cm³/mol. The van der Waals surface area contributed by atoms with Gasteiger partial charge in [0.15, 0.2) is 0 Å². The first-order chi connectivity index (χ1) is 14.5. The monoisotopic (exact) mass is 414 g/mol. The maximum Gasteiger partial charge on any atom is 0.318 e. The van der Waals surface area contributed by atoms with E-state index in [2.05, 4.69) is 34.0 Å². The summed E-state index contributed by atoms with van der Waals surface area (Å²) in [5.41, 5.74) is 3.36. The molecule has 0 saturated carbocycles. The summed E-state index contributed by atoms with van der Waals surface area (Å²) < 4.78 is 7.63. The number of urea groups is 1. The molecule has 2 amide bonds. The first kappa shape index (κ1) is 21.0. The molecule has 2 aromatic rings. The number of hydrogen-bond donors (Lipinski definition) is 2. The lowest BCUT2D eigenvalue weighted by Crippen LogP contribution is -2.57. The smallest absolute Gasteiger partial charge is 0.318 e. The van der Waals surface area contributed by atoms with Crippen molar-refractivity contribution in [3.8, 4) is 5.75 Å². The standard InChI is InChI=1S/C23H34N4O3/c1-5-10-24-22(29)27-15-23(8-11-25(2)12-9-23)20-17-7-6-16(30-4)13-18(17)26(3)21(20)19(27)14-28/h6-7,13,19,28H,5,8-12,14-15H2,1-4H3,(H,24,29)/t19-/m0/s1. The minimum atomic E-state index is -0.356. The Bertz CT molecular complexity index is 930. The molecule has 1 spiro atoms. The van der Waals surface area contributed by atoms with Crippen molar-refractivity contribution in [2.45, 2.75) is 37.6 Å². The van der Waals surface area contributed by atoms with Gasteiger partial charge in [-0.15, -0.1) is 0 Å². The number of hydrogen-bond acceptors (Lipinski definition) is 4. The van der Waals surface area contributed by atoms with Gasteiger partial charge in [0.2, 0.25) is 0 Å². The molecular weight excluding hydrogens is 380 g/mol. The number of methoxy groups -OCH3 is 1. The van der Waals surface area contributed by atoms with Crippen molar-refractivity contribution >= 4 is 16.9 Å². The molecule has 1 saturated heterocycles. The fraction of sp³-hybridized carbons (Fsp3) is 0.609. The van der Waals surface area contributed by atoms with E-state index in [4.69, 9.17) is 4.74 Å². The van der Waals surface area contributed by atoms with E-state index in [1.807, 2.05) is 24.9 Å². The van der Waals surface area contributed by atoms with Crippen LogP contribution in [0.2, 0.25) is 0 Å². The van der Waals surface area contributed by atoms with Gasteiger partial charge < -0.3 is 29.5 Å². The van der Waals surface area contributed by atoms with Crippen LogP contribution in [0.25, 0.3) is 10.9 Å². The van der Waals surface area contributed by atoms with Crippen LogP contribution in [0.4, 0.5) is 4.79 Å². The molecule has 164 valence electrons. The topological polar surface area (TPSA) is 70.0 Å². The number of amides is 2. The van der Waals surface area contributed by atoms with Crippen molar-refractivity contribution in [3.63, 3.8) is 0 Å². The molecule has 30 heavy (non-hydrogen) atoms. The molecule has 0 aliphatic carbocycles. The second-order valence-corrected chi connectivity index (χ2v) is 8.84. The Morgan fingerprint density at radius 3 is 2.67 bits per heavy atom. The van der Waals surface area contributed by atoms with Gasteiger partial charge >= 0.3 is 6.03 Å². The number of piperidine rings is 1. The van der Waals surface area contributed by atoms with E-state index in [0.29, 0.717) is 13.1 Å². The van der Waals surface area contributed by atoms with Gasteiger partial charge in [-0.2, -0.15) is 0 Å². The van der Waals surface area contributed by atoms with Crippen LogP contribution in [0.15, 0.2) is 18.2 Å². The van der Waals surface area contributed by atoms with Crippen LogP contribution in [0.5, 0.6) is 5.75 Å².